The summed E-state index contributed by atoms with van der Waals surface area (Å²) in [6.45, 7) is 3.94. The van der Waals surface area contributed by atoms with Gasteiger partial charge in [0.25, 0.3) is 0 Å². The Labute approximate surface area is 59.5 Å². The Kier molecular flexibility index (Phi) is 1.92. The third kappa shape index (κ3) is 1.58. The summed E-state index contributed by atoms with van der Waals surface area (Å²) < 4.78 is 0. The van der Waals surface area contributed by atoms with E-state index in [2.05, 4.69) is 30.2 Å². The zero-order valence-electron chi connectivity index (χ0n) is 5.56. The molecule has 1 heterocycles. The van der Waals surface area contributed by atoms with E-state index < -0.39 is 0 Å². The van der Waals surface area contributed by atoms with Gasteiger partial charge in [-0.3, -0.25) is 0 Å². The molecule has 0 bridgehead atoms. The van der Waals surface area contributed by atoms with Gasteiger partial charge in [-0.15, -0.1) is 17.3 Å². The molecule has 0 aliphatic rings. The Morgan fingerprint density at radius 3 is 2.78 bits per heavy atom. The van der Waals surface area contributed by atoms with Gasteiger partial charge in [-0.25, -0.2) is 0 Å². The largest absolute Gasteiger partial charge is 0.135 e. The molecule has 0 aliphatic carbocycles. The first-order valence-electron chi connectivity index (χ1n) is 2.81. The SMILES string of the molecule is CC#Cc1cc(C)cs1. The van der Waals surface area contributed by atoms with Gasteiger partial charge in [0.2, 0.25) is 0 Å². The van der Waals surface area contributed by atoms with Crippen LogP contribution in [0.15, 0.2) is 11.4 Å². The summed E-state index contributed by atoms with van der Waals surface area (Å²) >= 11 is 1.70. The van der Waals surface area contributed by atoms with Crippen LogP contribution in [0.4, 0.5) is 0 Å². The molecule has 0 atom stereocenters. The summed E-state index contributed by atoms with van der Waals surface area (Å²) in [7, 11) is 0. The van der Waals surface area contributed by atoms with Crippen LogP contribution in [0.1, 0.15) is 17.4 Å². The summed E-state index contributed by atoms with van der Waals surface area (Å²) in [4.78, 5) is 1.16. The van der Waals surface area contributed by atoms with Crippen LogP contribution in [-0.2, 0) is 0 Å². The lowest BCUT2D eigenvalue weighted by Crippen LogP contribution is -1.58. The van der Waals surface area contributed by atoms with Crippen molar-refractivity contribution in [3.05, 3.63) is 21.9 Å². The summed E-state index contributed by atoms with van der Waals surface area (Å²) in [5, 5.41) is 2.11. The molecule has 0 N–H and O–H groups in total. The average Bonchev–Trinajstić information content (AvgIpc) is 2.17. The topological polar surface area (TPSA) is 0 Å². The van der Waals surface area contributed by atoms with Crippen molar-refractivity contribution in [2.45, 2.75) is 13.8 Å². The Balaban J connectivity index is 2.93. The van der Waals surface area contributed by atoms with Crippen LogP contribution in [0.25, 0.3) is 0 Å². The molecule has 0 aliphatic heterocycles. The van der Waals surface area contributed by atoms with Crippen molar-refractivity contribution in [2.75, 3.05) is 0 Å². The average molecular weight is 136 g/mol. The van der Waals surface area contributed by atoms with Crippen molar-refractivity contribution >= 4 is 11.3 Å². The molecule has 0 spiro atoms. The highest BCUT2D eigenvalue weighted by molar-refractivity contribution is 7.10. The standard InChI is InChI=1S/C8H8S/c1-3-4-8-5-7(2)6-9-8/h5-6H,1-2H3. The second-order valence-corrected chi connectivity index (χ2v) is 2.77. The molecule has 1 rings (SSSR count). The van der Waals surface area contributed by atoms with Crippen LogP contribution >= 0.6 is 11.3 Å². The number of thiophene rings is 1. The maximum atomic E-state index is 3.00. The zero-order valence-corrected chi connectivity index (χ0v) is 6.38. The number of rotatable bonds is 0. The van der Waals surface area contributed by atoms with Gasteiger partial charge in [0.1, 0.15) is 0 Å². The molecular weight excluding hydrogens is 128 g/mol. The quantitative estimate of drug-likeness (QED) is 0.480. The monoisotopic (exact) mass is 136 g/mol. The fraction of sp³-hybridized carbons (Fsp3) is 0.250. The Hall–Kier alpha value is -0.740. The van der Waals surface area contributed by atoms with Gasteiger partial charge < -0.3 is 0 Å². The fourth-order valence-electron chi connectivity index (χ4n) is 0.620. The van der Waals surface area contributed by atoms with Gasteiger partial charge in [0.15, 0.2) is 0 Å². The molecule has 1 heteroatoms. The molecule has 1 aromatic rings. The van der Waals surface area contributed by atoms with Gasteiger partial charge in [-0.1, -0.05) is 5.92 Å². The maximum absolute atomic E-state index is 3.00. The Morgan fingerprint density at radius 2 is 2.33 bits per heavy atom. The molecule has 0 saturated carbocycles. The molecule has 0 nitrogen and oxygen atoms in total. The third-order valence-electron chi connectivity index (χ3n) is 0.979. The van der Waals surface area contributed by atoms with Crippen molar-refractivity contribution in [2.24, 2.45) is 0 Å². The third-order valence-corrected chi connectivity index (χ3v) is 1.94. The molecule has 0 fully saturated rings. The van der Waals surface area contributed by atoms with E-state index >= 15 is 0 Å². The van der Waals surface area contributed by atoms with E-state index in [0.29, 0.717) is 0 Å². The van der Waals surface area contributed by atoms with E-state index in [4.69, 9.17) is 0 Å². The van der Waals surface area contributed by atoms with Crippen LogP contribution in [0.2, 0.25) is 0 Å². The van der Waals surface area contributed by atoms with E-state index in [-0.39, 0.29) is 0 Å². The van der Waals surface area contributed by atoms with Crippen LogP contribution in [0.5, 0.6) is 0 Å². The molecule has 9 heavy (non-hydrogen) atoms. The summed E-state index contributed by atoms with van der Waals surface area (Å²) in [5.41, 5.74) is 1.30. The van der Waals surface area contributed by atoms with Crippen LogP contribution < -0.4 is 0 Å². The first kappa shape index (κ1) is 6.38. The molecule has 0 amide bonds. The van der Waals surface area contributed by atoms with E-state index in [1.54, 1.807) is 11.3 Å². The second kappa shape index (κ2) is 2.70. The van der Waals surface area contributed by atoms with Crippen molar-refractivity contribution in [3.63, 3.8) is 0 Å². The molecule has 0 unspecified atom stereocenters. The van der Waals surface area contributed by atoms with Gasteiger partial charge in [0.05, 0.1) is 4.88 Å². The summed E-state index contributed by atoms with van der Waals surface area (Å²) in [6.07, 6.45) is 0. The predicted octanol–water partition coefficient (Wildman–Crippen LogP) is 2.43. The van der Waals surface area contributed by atoms with Gasteiger partial charge in [-0.05, 0) is 30.9 Å². The summed E-state index contributed by atoms with van der Waals surface area (Å²) in [5.74, 6) is 5.85. The minimum atomic E-state index is 1.16. The molecule has 1 aromatic heterocycles. The highest BCUT2D eigenvalue weighted by Crippen LogP contribution is 2.11. The van der Waals surface area contributed by atoms with Crippen molar-refractivity contribution in [3.8, 4) is 11.8 Å². The first-order chi connectivity index (χ1) is 4.33. The van der Waals surface area contributed by atoms with E-state index in [0.717, 1.165) is 4.88 Å². The zero-order chi connectivity index (χ0) is 6.69. The molecular formula is C8H8S. The number of hydrogen-bond acceptors (Lipinski definition) is 1. The Bertz CT molecular complexity index is 247. The number of aryl methyl sites for hydroxylation is 1. The molecule has 46 valence electrons. The molecule has 0 aromatic carbocycles. The summed E-state index contributed by atoms with van der Waals surface area (Å²) in [6, 6.07) is 2.10. The fourth-order valence-corrected chi connectivity index (χ4v) is 1.42. The van der Waals surface area contributed by atoms with Gasteiger partial charge in [-0.2, -0.15) is 0 Å². The van der Waals surface area contributed by atoms with Crippen molar-refractivity contribution < 1.29 is 0 Å². The molecule has 0 saturated heterocycles. The van der Waals surface area contributed by atoms with Crippen LogP contribution in [0, 0.1) is 18.8 Å². The van der Waals surface area contributed by atoms with Gasteiger partial charge >= 0.3 is 0 Å². The molecule has 0 radical (unpaired) electrons. The highest BCUT2D eigenvalue weighted by Gasteiger charge is 1.88. The lowest BCUT2D eigenvalue weighted by molar-refractivity contribution is 1.55. The van der Waals surface area contributed by atoms with Gasteiger partial charge in [0, 0.05) is 0 Å². The number of hydrogen-bond donors (Lipinski definition) is 0. The highest BCUT2D eigenvalue weighted by atomic mass is 32.1. The Morgan fingerprint density at radius 1 is 1.56 bits per heavy atom. The lowest BCUT2D eigenvalue weighted by Gasteiger charge is -1.72. The predicted molar refractivity (Wildman–Crippen MR) is 41.6 cm³/mol. The lowest BCUT2D eigenvalue weighted by atomic mass is 10.3. The van der Waals surface area contributed by atoms with Crippen LogP contribution in [-0.4, -0.2) is 0 Å². The van der Waals surface area contributed by atoms with Crippen LogP contribution in [0.3, 0.4) is 0 Å². The van der Waals surface area contributed by atoms with E-state index in [1.165, 1.54) is 5.56 Å². The minimum Gasteiger partial charge on any atom is -0.135 e. The smallest absolute Gasteiger partial charge is 0.0771 e. The first-order valence-corrected chi connectivity index (χ1v) is 3.69. The maximum Gasteiger partial charge on any atom is 0.0771 e. The second-order valence-electron chi connectivity index (χ2n) is 1.86. The van der Waals surface area contributed by atoms with Crippen molar-refractivity contribution in [1.29, 1.82) is 0 Å². The van der Waals surface area contributed by atoms with Crippen molar-refractivity contribution in [1.82, 2.24) is 0 Å². The van der Waals surface area contributed by atoms with E-state index in [1.807, 2.05) is 6.92 Å². The van der Waals surface area contributed by atoms with E-state index in [9.17, 15) is 0 Å². The normalized spacial score (nSPS) is 8.22. The minimum absolute atomic E-state index is 1.16.